The van der Waals surface area contributed by atoms with E-state index in [-0.39, 0.29) is 11.7 Å². The van der Waals surface area contributed by atoms with Gasteiger partial charge in [0.2, 0.25) is 0 Å². The highest BCUT2D eigenvalue weighted by atomic mass is 16.5. The van der Waals surface area contributed by atoms with Crippen molar-refractivity contribution in [1.82, 2.24) is 0 Å². The normalized spacial score (nSPS) is 14.0. The molecule has 0 aliphatic rings. The second-order valence-electron chi connectivity index (χ2n) is 4.71. The van der Waals surface area contributed by atoms with E-state index in [1.54, 1.807) is 12.1 Å². The smallest absolute Gasteiger partial charge is 0.339 e. The van der Waals surface area contributed by atoms with E-state index in [4.69, 9.17) is 4.74 Å². The quantitative estimate of drug-likeness (QED) is 0.827. The van der Waals surface area contributed by atoms with Crippen LogP contribution in [0, 0.1) is 0 Å². The molecule has 0 amide bonds. The van der Waals surface area contributed by atoms with Crippen LogP contribution in [0.1, 0.15) is 62.4 Å². The van der Waals surface area contributed by atoms with Crippen LogP contribution in [-0.4, -0.2) is 17.2 Å². The lowest BCUT2D eigenvalue weighted by atomic mass is 9.96. The van der Waals surface area contributed by atoms with Crippen molar-refractivity contribution in [1.29, 1.82) is 0 Å². The Balaban J connectivity index is 3.08. The molecule has 18 heavy (non-hydrogen) atoms. The highest BCUT2D eigenvalue weighted by Gasteiger charge is 2.15. The Hall–Kier alpha value is -1.51. The standard InChI is InChI=1S/C15H22O3/c1-5-10(3)12-7-8-14(18-11(4)6-2)13(9-12)15(16)17/h7-11H,5-6H2,1-4H3,(H,16,17). The van der Waals surface area contributed by atoms with E-state index < -0.39 is 5.97 Å². The van der Waals surface area contributed by atoms with Gasteiger partial charge < -0.3 is 9.84 Å². The Morgan fingerprint density at radius 1 is 1.28 bits per heavy atom. The Kier molecular flexibility index (Phi) is 5.20. The largest absolute Gasteiger partial charge is 0.490 e. The fourth-order valence-electron chi connectivity index (χ4n) is 1.66. The highest BCUT2D eigenvalue weighted by Crippen LogP contribution is 2.27. The summed E-state index contributed by atoms with van der Waals surface area (Å²) < 4.78 is 5.64. The first-order chi connectivity index (χ1) is 8.49. The maximum atomic E-state index is 11.3. The van der Waals surface area contributed by atoms with Crippen LogP contribution in [0.4, 0.5) is 0 Å². The number of carboxylic acid groups (broad SMARTS) is 1. The predicted molar refractivity (Wildman–Crippen MR) is 72.5 cm³/mol. The van der Waals surface area contributed by atoms with E-state index in [0.717, 1.165) is 18.4 Å². The summed E-state index contributed by atoms with van der Waals surface area (Å²) in [7, 11) is 0. The number of carboxylic acids is 1. The number of hydrogen-bond donors (Lipinski definition) is 1. The van der Waals surface area contributed by atoms with E-state index >= 15 is 0 Å². The van der Waals surface area contributed by atoms with E-state index in [1.165, 1.54) is 0 Å². The van der Waals surface area contributed by atoms with Crippen molar-refractivity contribution >= 4 is 5.97 Å². The number of benzene rings is 1. The molecule has 0 bridgehead atoms. The zero-order valence-corrected chi connectivity index (χ0v) is 11.6. The predicted octanol–water partition coefficient (Wildman–Crippen LogP) is 4.08. The highest BCUT2D eigenvalue weighted by molar-refractivity contribution is 5.91. The van der Waals surface area contributed by atoms with Gasteiger partial charge >= 0.3 is 5.97 Å². The maximum Gasteiger partial charge on any atom is 0.339 e. The van der Waals surface area contributed by atoms with Crippen LogP contribution >= 0.6 is 0 Å². The summed E-state index contributed by atoms with van der Waals surface area (Å²) in [5.41, 5.74) is 1.31. The third kappa shape index (κ3) is 3.49. The van der Waals surface area contributed by atoms with Gasteiger partial charge in [0.25, 0.3) is 0 Å². The molecule has 0 saturated heterocycles. The van der Waals surface area contributed by atoms with Gasteiger partial charge in [0, 0.05) is 0 Å². The van der Waals surface area contributed by atoms with Crippen molar-refractivity contribution in [3.63, 3.8) is 0 Å². The first-order valence-electron chi connectivity index (χ1n) is 6.53. The Bertz CT molecular complexity index is 412. The van der Waals surface area contributed by atoms with Crippen LogP contribution in [0.15, 0.2) is 18.2 Å². The number of aromatic carboxylic acids is 1. The number of carbonyl (C=O) groups is 1. The van der Waals surface area contributed by atoms with Crippen molar-refractivity contribution in [2.45, 2.75) is 52.6 Å². The molecule has 100 valence electrons. The topological polar surface area (TPSA) is 46.5 Å². The van der Waals surface area contributed by atoms with Gasteiger partial charge in [-0.05, 0) is 43.4 Å². The molecule has 3 nitrogen and oxygen atoms in total. The van der Waals surface area contributed by atoms with Gasteiger partial charge in [-0.25, -0.2) is 4.79 Å². The number of ether oxygens (including phenoxy) is 1. The second-order valence-corrected chi connectivity index (χ2v) is 4.71. The van der Waals surface area contributed by atoms with Crippen LogP contribution in [0.2, 0.25) is 0 Å². The molecule has 0 aliphatic heterocycles. The van der Waals surface area contributed by atoms with Crippen molar-refractivity contribution in [3.8, 4) is 5.75 Å². The molecule has 0 saturated carbocycles. The summed E-state index contributed by atoms with van der Waals surface area (Å²) in [6, 6.07) is 5.46. The van der Waals surface area contributed by atoms with Crippen molar-refractivity contribution in [2.24, 2.45) is 0 Å². The number of hydrogen-bond acceptors (Lipinski definition) is 2. The Morgan fingerprint density at radius 2 is 1.94 bits per heavy atom. The summed E-state index contributed by atoms with van der Waals surface area (Å²) in [6.07, 6.45) is 1.87. The molecule has 0 heterocycles. The molecule has 0 aromatic heterocycles. The zero-order valence-electron chi connectivity index (χ0n) is 11.6. The molecule has 0 radical (unpaired) electrons. The van der Waals surface area contributed by atoms with Crippen LogP contribution in [0.3, 0.4) is 0 Å². The van der Waals surface area contributed by atoms with Gasteiger partial charge in [-0.3, -0.25) is 0 Å². The summed E-state index contributed by atoms with van der Waals surface area (Å²) >= 11 is 0. The minimum absolute atomic E-state index is 0.0255. The maximum absolute atomic E-state index is 11.3. The lowest BCUT2D eigenvalue weighted by Crippen LogP contribution is -2.13. The summed E-state index contributed by atoms with van der Waals surface area (Å²) in [6.45, 7) is 8.14. The van der Waals surface area contributed by atoms with Crippen molar-refractivity contribution in [2.75, 3.05) is 0 Å². The minimum Gasteiger partial charge on any atom is -0.490 e. The van der Waals surface area contributed by atoms with Crippen molar-refractivity contribution < 1.29 is 14.6 Å². The third-order valence-electron chi connectivity index (χ3n) is 3.32. The molecule has 0 spiro atoms. The van der Waals surface area contributed by atoms with E-state index in [2.05, 4.69) is 13.8 Å². The van der Waals surface area contributed by atoms with Gasteiger partial charge in [-0.2, -0.15) is 0 Å². The monoisotopic (exact) mass is 250 g/mol. The van der Waals surface area contributed by atoms with Crippen molar-refractivity contribution in [3.05, 3.63) is 29.3 Å². The first kappa shape index (κ1) is 14.6. The van der Waals surface area contributed by atoms with E-state index in [0.29, 0.717) is 11.7 Å². The molecular weight excluding hydrogens is 228 g/mol. The average molecular weight is 250 g/mol. The SMILES string of the molecule is CCC(C)Oc1ccc(C(C)CC)cc1C(=O)O. The van der Waals surface area contributed by atoms with Crippen LogP contribution < -0.4 is 4.74 Å². The van der Waals surface area contributed by atoms with E-state index in [1.807, 2.05) is 19.9 Å². The van der Waals surface area contributed by atoms with Gasteiger partial charge in [0.15, 0.2) is 0 Å². The van der Waals surface area contributed by atoms with Crippen LogP contribution in [0.25, 0.3) is 0 Å². The lowest BCUT2D eigenvalue weighted by molar-refractivity contribution is 0.0689. The third-order valence-corrected chi connectivity index (χ3v) is 3.32. The number of rotatable bonds is 6. The molecule has 3 heteroatoms. The average Bonchev–Trinajstić information content (AvgIpc) is 2.37. The van der Waals surface area contributed by atoms with Gasteiger partial charge in [-0.15, -0.1) is 0 Å². The summed E-state index contributed by atoms with van der Waals surface area (Å²) in [4.78, 5) is 11.3. The second kappa shape index (κ2) is 6.43. The van der Waals surface area contributed by atoms with Crippen LogP contribution in [-0.2, 0) is 0 Å². The fourth-order valence-corrected chi connectivity index (χ4v) is 1.66. The molecule has 1 aromatic rings. The zero-order chi connectivity index (χ0) is 13.7. The molecule has 0 aliphatic carbocycles. The summed E-state index contributed by atoms with van der Waals surface area (Å²) in [5, 5.41) is 9.25. The molecular formula is C15H22O3. The van der Waals surface area contributed by atoms with Gasteiger partial charge in [0.05, 0.1) is 6.10 Å². The fraction of sp³-hybridized carbons (Fsp3) is 0.533. The molecule has 0 fully saturated rings. The Labute approximate surface area is 109 Å². The molecule has 2 atom stereocenters. The Morgan fingerprint density at radius 3 is 2.44 bits per heavy atom. The molecule has 2 unspecified atom stereocenters. The molecule has 1 aromatic carbocycles. The molecule has 1 N–H and O–H groups in total. The van der Waals surface area contributed by atoms with Crippen LogP contribution in [0.5, 0.6) is 5.75 Å². The lowest BCUT2D eigenvalue weighted by Gasteiger charge is -2.17. The summed E-state index contributed by atoms with van der Waals surface area (Å²) in [5.74, 6) is -0.108. The first-order valence-corrected chi connectivity index (χ1v) is 6.53. The molecule has 1 rings (SSSR count). The van der Waals surface area contributed by atoms with E-state index in [9.17, 15) is 9.90 Å². The minimum atomic E-state index is -0.932. The van der Waals surface area contributed by atoms with Gasteiger partial charge in [-0.1, -0.05) is 26.8 Å². The van der Waals surface area contributed by atoms with Gasteiger partial charge in [0.1, 0.15) is 11.3 Å².